The van der Waals surface area contributed by atoms with Crippen LogP contribution in [-0.2, 0) is 0 Å². The van der Waals surface area contributed by atoms with Crippen LogP contribution in [0.2, 0.25) is 0 Å². The van der Waals surface area contributed by atoms with E-state index >= 15 is 0 Å². The quantitative estimate of drug-likeness (QED) is 0.192. The van der Waals surface area contributed by atoms with Crippen LogP contribution in [0.4, 0.5) is 34.1 Å². The molecule has 0 N–H and O–H groups in total. The van der Waals surface area contributed by atoms with Gasteiger partial charge in [0.2, 0.25) is 0 Å². The molecule has 0 atom stereocenters. The first-order valence-corrected chi connectivity index (χ1v) is 14.3. The zero-order valence-corrected chi connectivity index (χ0v) is 22.6. The molecule has 0 bridgehead atoms. The first-order chi connectivity index (χ1) is 21.8. The predicted molar refractivity (Wildman–Crippen MR) is 162 cm³/mol. The summed E-state index contributed by atoms with van der Waals surface area (Å²) in [5, 5.41) is 0. The first-order valence-electron chi connectivity index (χ1n) is 14.3. The Morgan fingerprint density at radius 1 is 0.318 bits per heavy atom. The van der Waals surface area contributed by atoms with E-state index in [1.54, 1.807) is 0 Å². The standard InChI is InChI=1S/C36H16N2O6/c1-7-21-32-22(8-1)41-27-14-13-18(36-35(27)38(32)33-23(40-21)9-4-12-26(33)44-36)17-15-28-34-29(16-17)43-25-11-3-6-20-31(25)37(34)30-19(39-20)5-2-10-24(30)42-28/h1-16H. The third kappa shape index (κ3) is 2.37. The fraction of sp³-hybridized carbons (Fsp3) is 0. The minimum Gasteiger partial charge on any atom is -0.453 e. The van der Waals surface area contributed by atoms with Gasteiger partial charge in [0.05, 0.1) is 0 Å². The van der Waals surface area contributed by atoms with Crippen molar-refractivity contribution in [3.63, 3.8) is 0 Å². The molecule has 0 radical (unpaired) electrons. The van der Waals surface area contributed by atoms with Crippen LogP contribution in [0, 0.1) is 0 Å². The molecular formula is C36H16N2O6. The number of hydrogen-bond donors (Lipinski definition) is 0. The second-order valence-electron chi connectivity index (χ2n) is 11.3. The monoisotopic (exact) mass is 572 g/mol. The molecule has 0 saturated heterocycles. The molecule has 8 nitrogen and oxygen atoms in total. The van der Waals surface area contributed by atoms with Crippen molar-refractivity contribution >= 4 is 34.1 Å². The molecule has 0 amide bonds. The molecule has 6 aromatic carbocycles. The highest BCUT2D eigenvalue weighted by Crippen LogP contribution is 2.70. The summed E-state index contributed by atoms with van der Waals surface area (Å²) < 4.78 is 38.8. The number of rotatable bonds is 1. The number of nitrogens with zero attached hydrogens (tertiary/aromatic N) is 2. The minimum atomic E-state index is 0.683. The maximum Gasteiger partial charge on any atom is 0.163 e. The van der Waals surface area contributed by atoms with Crippen LogP contribution in [0.5, 0.6) is 69.0 Å². The highest BCUT2D eigenvalue weighted by atomic mass is 16.5. The summed E-state index contributed by atoms with van der Waals surface area (Å²) in [6, 6.07) is 31.6. The van der Waals surface area contributed by atoms with Crippen molar-refractivity contribution in [2.45, 2.75) is 0 Å². The second kappa shape index (κ2) is 7.02. The van der Waals surface area contributed by atoms with Gasteiger partial charge < -0.3 is 28.4 Å². The molecule has 206 valence electrons. The maximum atomic E-state index is 6.71. The summed E-state index contributed by atoms with van der Waals surface area (Å²) in [6.45, 7) is 0. The summed E-state index contributed by atoms with van der Waals surface area (Å²) >= 11 is 0. The molecule has 8 heteroatoms. The van der Waals surface area contributed by atoms with Crippen LogP contribution in [0.15, 0.2) is 97.1 Å². The first kappa shape index (κ1) is 21.4. The summed E-state index contributed by atoms with van der Waals surface area (Å²) in [6.07, 6.45) is 0. The Hall–Kier alpha value is -6.28. The molecule has 0 fully saturated rings. The molecule has 0 unspecified atom stereocenters. The van der Waals surface area contributed by atoms with E-state index in [9.17, 15) is 0 Å². The molecule has 0 spiro atoms. The molecule has 0 aromatic heterocycles. The van der Waals surface area contributed by atoms with Gasteiger partial charge in [0, 0.05) is 5.56 Å². The van der Waals surface area contributed by atoms with Crippen molar-refractivity contribution in [2.75, 3.05) is 9.80 Å². The highest BCUT2D eigenvalue weighted by molar-refractivity contribution is 6.04. The normalized spacial score (nSPS) is 14.9. The van der Waals surface area contributed by atoms with Gasteiger partial charge in [0.15, 0.2) is 69.0 Å². The minimum absolute atomic E-state index is 0.683. The van der Waals surface area contributed by atoms with Gasteiger partial charge in [-0.15, -0.1) is 0 Å². The zero-order valence-electron chi connectivity index (χ0n) is 22.6. The van der Waals surface area contributed by atoms with Crippen LogP contribution in [0.1, 0.15) is 0 Å². The van der Waals surface area contributed by atoms with Crippen LogP contribution >= 0.6 is 0 Å². The van der Waals surface area contributed by atoms with Crippen molar-refractivity contribution in [1.29, 1.82) is 0 Å². The van der Waals surface area contributed by atoms with Gasteiger partial charge >= 0.3 is 0 Å². The smallest absolute Gasteiger partial charge is 0.163 e. The molecule has 6 heterocycles. The van der Waals surface area contributed by atoms with E-state index in [0.29, 0.717) is 28.7 Å². The van der Waals surface area contributed by atoms with E-state index in [-0.39, 0.29) is 0 Å². The fourth-order valence-electron chi connectivity index (χ4n) is 7.21. The van der Waals surface area contributed by atoms with Crippen LogP contribution in [-0.4, -0.2) is 0 Å². The summed E-state index contributed by atoms with van der Waals surface area (Å²) in [5.74, 6) is 8.59. The number of hydrogen-bond acceptors (Lipinski definition) is 8. The van der Waals surface area contributed by atoms with Crippen molar-refractivity contribution in [3.05, 3.63) is 97.1 Å². The fourth-order valence-corrected chi connectivity index (χ4v) is 7.21. The number of ether oxygens (including phenoxy) is 6. The van der Waals surface area contributed by atoms with Gasteiger partial charge in [-0.2, -0.15) is 0 Å². The van der Waals surface area contributed by atoms with E-state index in [4.69, 9.17) is 28.4 Å². The molecule has 44 heavy (non-hydrogen) atoms. The zero-order chi connectivity index (χ0) is 28.3. The molecule has 6 aliphatic rings. The van der Waals surface area contributed by atoms with Gasteiger partial charge in [-0.05, 0) is 78.4 Å². The van der Waals surface area contributed by atoms with Gasteiger partial charge in [-0.3, -0.25) is 9.80 Å². The lowest BCUT2D eigenvalue weighted by Gasteiger charge is -2.42. The average molecular weight is 573 g/mol. The third-order valence-corrected chi connectivity index (χ3v) is 8.95. The highest BCUT2D eigenvalue weighted by Gasteiger charge is 2.44. The Kier molecular flexibility index (Phi) is 3.42. The molecule has 0 aliphatic carbocycles. The van der Waals surface area contributed by atoms with Crippen LogP contribution in [0.25, 0.3) is 11.1 Å². The van der Waals surface area contributed by atoms with Crippen molar-refractivity contribution < 1.29 is 28.4 Å². The molecule has 0 saturated carbocycles. The van der Waals surface area contributed by atoms with Gasteiger partial charge in [0.1, 0.15) is 34.1 Å². The topological polar surface area (TPSA) is 61.9 Å². The van der Waals surface area contributed by atoms with E-state index in [1.165, 1.54) is 0 Å². The third-order valence-electron chi connectivity index (χ3n) is 8.95. The van der Waals surface area contributed by atoms with Crippen molar-refractivity contribution in [3.8, 4) is 80.1 Å². The van der Waals surface area contributed by atoms with E-state index < -0.39 is 0 Å². The van der Waals surface area contributed by atoms with E-state index in [0.717, 1.165) is 85.5 Å². The van der Waals surface area contributed by atoms with Gasteiger partial charge in [-0.1, -0.05) is 24.3 Å². The van der Waals surface area contributed by atoms with Crippen LogP contribution < -0.4 is 38.2 Å². The Balaban J connectivity index is 1.10. The lowest BCUT2D eigenvalue weighted by Crippen LogP contribution is -2.24. The Morgan fingerprint density at radius 3 is 1.11 bits per heavy atom. The Bertz CT molecular complexity index is 2270. The van der Waals surface area contributed by atoms with Crippen molar-refractivity contribution in [2.24, 2.45) is 0 Å². The Labute approximate surface area is 249 Å². The SMILES string of the molecule is c1cc2c3c(c1)Oc1cc(-c4ccc5c6c4Oc4cccc7c4N6c4c(cccc4O5)O7)cc4c1N3c1c(cccc1O4)O2. The summed E-state index contributed by atoms with van der Waals surface area (Å²) in [5.41, 5.74) is 6.90. The number of para-hydroxylation sites is 4. The van der Waals surface area contributed by atoms with Crippen LogP contribution in [0.3, 0.4) is 0 Å². The molecule has 6 aromatic rings. The second-order valence-corrected chi connectivity index (χ2v) is 11.3. The maximum absolute atomic E-state index is 6.71. The Morgan fingerprint density at radius 2 is 0.659 bits per heavy atom. The molecule has 6 aliphatic heterocycles. The number of benzene rings is 6. The lowest BCUT2D eigenvalue weighted by molar-refractivity contribution is 0.417. The lowest BCUT2D eigenvalue weighted by atomic mass is 9.96. The predicted octanol–water partition coefficient (Wildman–Crippen LogP) is 10.9. The molecule has 12 rings (SSSR count). The molecular weight excluding hydrogens is 556 g/mol. The van der Waals surface area contributed by atoms with Crippen molar-refractivity contribution in [1.82, 2.24) is 0 Å². The van der Waals surface area contributed by atoms with Gasteiger partial charge in [-0.25, -0.2) is 0 Å². The average Bonchev–Trinajstić information content (AvgIpc) is 3.05. The van der Waals surface area contributed by atoms with E-state index in [1.807, 2.05) is 84.9 Å². The van der Waals surface area contributed by atoms with E-state index in [2.05, 4.69) is 21.9 Å². The largest absolute Gasteiger partial charge is 0.453 e. The summed E-state index contributed by atoms with van der Waals surface area (Å²) in [7, 11) is 0. The number of anilines is 6. The van der Waals surface area contributed by atoms with Gasteiger partial charge in [0.25, 0.3) is 0 Å². The summed E-state index contributed by atoms with van der Waals surface area (Å²) in [4.78, 5) is 4.41.